The van der Waals surface area contributed by atoms with Crippen LogP contribution in [0.3, 0.4) is 0 Å². The highest BCUT2D eigenvalue weighted by Gasteiger charge is 2.13. The Morgan fingerprint density at radius 3 is 2.33 bits per heavy atom. The molecule has 1 aromatic carbocycles. The summed E-state index contributed by atoms with van der Waals surface area (Å²) in [6.45, 7) is 0. The molecule has 1 amide bonds. The quantitative estimate of drug-likeness (QED) is 0.787. The highest BCUT2D eigenvalue weighted by atomic mass is 35.5. The van der Waals surface area contributed by atoms with Gasteiger partial charge in [0.1, 0.15) is 5.15 Å². The van der Waals surface area contributed by atoms with Crippen LogP contribution in [0, 0.1) is 0 Å². The number of hydrogen-bond donors (Lipinski definition) is 0. The SMILES string of the molecule is CN(C(=O)c1ccc(Cl)nc1)c1ccc(Cl)cc1. The van der Waals surface area contributed by atoms with E-state index in [1.807, 2.05) is 0 Å². The van der Waals surface area contributed by atoms with Crippen molar-refractivity contribution in [1.29, 1.82) is 0 Å². The van der Waals surface area contributed by atoms with Crippen molar-refractivity contribution in [2.45, 2.75) is 0 Å². The molecule has 0 N–H and O–H groups in total. The number of pyridine rings is 1. The standard InChI is InChI=1S/C13H10Cl2N2O/c1-17(11-5-3-10(14)4-6-11)13(18)9-2-7-12(15)16-8-9/h2-8H,1H3. The lowest BCUT2D eigenvalue weighted by molar-refractivity contribution is 0.0992. The topological polar surface area (TPSA) is 33.2 Å². The van der Waals surface area contributed by atoms with Crippen molar-refractivity contribution in [1.82, 2.24) is 4.98 Å². The summed E-state index contributed by atoms with van der Waals surface area (Å²) in [6.07, 6.45) is 1.46. The van der Waals surface area contributed by atoms with Crippen molar-refractivity contribution in [3.8, 4) is 0 Å². The van der Waals surface area contributed by atoms with Crippen LogP contribution in [0.1, 0.15) is 10.4 Å². The molecule has 5 heteroatoms. The molecule has 1 aromatic heterocycles. The van der Waals surface area contributed by atoms with Gasteiger partial charge in [-0.2, -0.15) is 0 Å². The van der Waals surface area contributed by atoms with Crippen LogP contribution in [0.15, 0.2) is 42.6 Å². The van der Waals surface area contributed by atoms with Crippen LogP contribution in [-0.2, 0) is 0 Å². The van der Waals surface area contributed by atoms with Crippen molar-refractivity contribution in [2.24, 2.45) is 0 Å². The van der Waals surface area contributed by atoms with E-state index in [9.17, 15) is 4.79 Å². The van der Waals surface area contributed by atoms with Gasteiger partial charge in [-0.1, -0.05) is 23.2 Å². The van der Waals surface area contributed by atoms with E-state index in [1.54, 1.807) is 43.4 Å². The lowest BCUT2D eigenvalue weighted by Gasteiger charge is -2.17. The minimum atomic E-state index is -0.151. The number of hydrogen-bond acceptors (Lipinski definition) is 2. The van der Waals surface area contributed by atoms with Crippen molar-refractivity contribution in [3.05, 3.63) is 58.3 Å². The molecule has 0 spiro atoms. The molecule has 0 aliphatic carbocycles. The Bertz CT molecular complexity index is 552. The fraction of sp³-hybridized carbons (Fsp3) is 0.0769. The van der Waals surface area contributed by atoms with E-state index in [1.165, 1.54) is 11.1 Å². The molecule has 0 saturated heterocycles. The molecule has 92 valence electrons. The van der Waals surface area contributed by atoms with Crippen LogP contribution in [0.25, 0.3) is 0 Å². The third-order valence-corrected chi connectivity index (χ3v) is 2.97. The summed E-state index contributed by atoms with van der Waals surface area (Å²) >= 11 is 11.5. The Labute approximate surface area is 115 Å². The van der Waals surface area contributed by atoms with Crippen molar-refractivity contribution in [2.75, 3.05) is 11.9 Å². The number of carbonyl (C=O) groups is 1. The zero-order chi connectivity index (χ0) is 13.1. The average molecular weight is 281 g/mol. The second kappa shape index (κ2) is 5.38. The molecule has 0 unspecified atom stereocenters. The Balaban J connectivity index is 2.23. The fourth-order valence-electron chi connectivity index (χ4n) is 1.48. The van der Waals surface area contributed by atoms with Gasteiger partial charge < -0.3 is 4.90 Å². The first-order valence-corrected chi connectivity index (χ1v) is 5.98. The smallest absolute Gasteiger partial charge is 0.259 e. The van der Waals surface area contributed by atoms with Gasteiger partial charge in [0, 0.05) is 24.0 Å². The molecule has 2 aromatic rings. The summed E-state index contributed by atoms with van der Waals surface area (Å²) in [4.78, 5) is 17.6. The summed E-state index contributed by atoms with van der Waals surface area (Å²) in [6, 6.07) is 10.3. The highest BCUT2D eigenvalue weighted by Crippen LogP contribution is 2.18. The molecule has 0 saturated carbocycles. The summed E-state index contributed by atoms with van der Waals surface area (Å²) in [7, 11) is 1.69. The van der Waals surface area contributed by atoms with Crippen molar-refractivity contribution in [3.63, 3.8) is 0 Å². The molecule has 0 radical (unpaired) electrons. The average Bonchev–Trinajstić information content (AvgIpc) is 2.39. The minimum Gasteiger partial charge on any atom is -0.311 e. The Hall–Kier alpha value is -1.58. The summed E-state index contributed by atoms with van der Waals surface area (Å²) in [5.74, 6) is -0.151. The highest BCUT2D eigenvalue weighted by molar-refractivity contribution is 6.30. The molecule has 1 heterocycles. The van der Waals surface area contributed by atoms with E-state index in [4.69, 9.17) is 23.2 Å². The number of nitrogens with zero attached hydrogens (tertiary/aromatic N) is 2. The van der Waals surface area contributed by atoms with Gasteiger partial charge in [-0.3, -0.25) is 4.79 Å². The van der Waals surface area contributed by atoms with Crippen LogP contribution in [0.2, 0.25) is 10.2 Å². The predicted octanol–water partition coefficient (Wildman–Crippen LogP) is 3.67. The first kappa shape index (κ1) is 12.9. The molecule has 0 aliphatic rings. The summed E-state index contributed by atoms with van der Waals surface area (Å²) in [5, 5.41) is 0.994. The first-order chi connectivity index (χ1) is 8.58. The van der Waals surface area contributed by atoms with E-state index in [2.05, 4.69) is 4.98 Å². The van der Waals surface area contributed by atoms with Crippen LogP contribution < -0.4 is 4.90 Å². The number of halogens is 2. The lowest BCUT2D eigenvalue weighted by atomic mass is 10.2. The van der Waals surface area contributed by atoms with Crippen LogP contribution in [0.5, 0.6) is 0 Å². The third kappa shape index (κ3) is 2.81. The normalized spacial score (nSPS) is 10.2. The van der Waals surface area contributed by atoms with Gasteiger partial charge in [0.05, 0.1) is 5.56 Å². The number of anilines is 1. The van der Waals surface area contributed by atoms with E-state index >= 15 is 0 Å². The van der Waals surface area contributed by atoms with E-state index in [0.717, 1.165) is 5.69 Å². The molecular formula is C13H10Cl2N2O. The van der Waals surface area contributed by atoms with Crippen LogP contribution in [0.4, 0.5) is 5.69 Å². The maximum atomic E-state index is 12.2. The van der Waals surface area contributed by atoms with Crippen molar-refractivity contribution < 1.29 is 4.79 Å². The Morgan fingerprint density at radius 1 is 1.11 bits per heavy atom. The van der Waals surface area contributed by atoms with Gasteiger partial charge in [-0.15, -0.1) is 0 Å². The van der Waals surface area contributed by atoms with Gasteiger partial charge in [-0.05, 0) is 36.4 Å². The van der Waals surface area contributed by atoms with E-state index in [-0.39, 0.29) is 5.91 Å². The maximum Gasteiger partial charge on any atom is 0.259 e. The Kier molecular flexibility index (Phi) is 3.84. The molecular weight excluding hydrogens is 271 g/mol. The molecule has 3 nitrogen and oxygen atoms in total. The van der Waals surface area contributed by atoms with Crippen molar-refractivity contribution >= 4 is 34.8 Å². The molecule has 18 heavy (non-hydrogen) atoms. The number of rotatable bonds is 2. The fourth-order valence-corrected chi connectivity index (χ4v) is 1.72. The molecule has 0 aliphatic heterocycles. The summed E-state index contributed by atoms with van der Waals surface area (Å²) in [5.41, 5.74) is 1.25. The second-order valence-corrected chi connectivity index (χ2v) is 4.53. The third-order valence-electron chi connectivity index (χ3n) is 2.49. The molecule has 0 fully saturated rings. The molecule has 0 atom stereocenters. The number of carbonyl (C=O) groups excluding carboxylic acids is 1. The monoisotopic (exact) mass is 280 g/mol. The zero-order valence-corrected chi connectivity index (χ0v) is 11.1. The van der Waals surface area contributed by atoms with Gasteiger partial charge in [0.25, 0.3) is 5.91 Å². The van der Waals surface area contributed by atoms with Gasteiger partial charge in [0.2, 0.25) is 0 Å². The molecule has 2 rings (SSSR count). The van der Waals surface area contributed by atoms with Gasteiger partial charge in [-0.25, -0.2) is 4.98 Å². The minimum absolute atomic E-state index is 0.151. The summed E-state index contributed by atoms with van der Waals surface area (Å²) < 4.78 is 0. The number of benzene rings is 1. The van der Waals surface area contributed by atoms with E-state index < -0.39 is 0 Å². The van der Waals surface area contributed by atoms with E-state index in [0.29, 0.717) is 15.7 Å². The number of amides is 1. The second-order valence-electron chi connectivity index (χ2n) is 3.71. The van der Waals surface area contributed by atoms with Gasteiger partial charge in [0.15, 0.2) is 0 Å². The van der Waals surface area contributed by atoms with Gasteiger partial charge >= 0.3 is 0 Å². The largest absolute Gasteiger partial charge is 0.311 e. The molecule has 0 bridgehead atoms. The van der Waals surface area contributed by atoms with Crippen LogP contribution in [-0.4, -0.2) is 17.9 Å². The van der Waals surface area contributed by atoms with Crippen LogP contribution >= 0.6 is 23.2 Å². The Morgan fingerprint density at radius 2 is 1.78 bits per heavy atom. The maximum absolute atomic E-state index is 12.2. The zero-order valence-electron chi connectivity index (χ0n) is 9.60. The number of aromatic nitrogens is 1. The first-order valence-electron chi connectivity index (χ1n) is 5.23. The predicted molar refractivity (Wildman–Crippen MR) is 73.4 cm³/mol. The lowest BCUT2D eigenvalue weighted by Crippen LogP contribution is -2.26.